The molecule has 0 bridgehead atoms. The first-order valence-electron chi connectivity index (χ1n) is 8.44. The van der Waals surface area contributed by atoms with Gasteiger partial charge in [-0.2, -0.15) is 0 Å². The lowest BCUT2D eigenvalue weighted by Gasteiger charge is -2.27. The fraction of sp³-hybridized carbons (Fsp3) is 0.526. The number of benzene rings is 1. The van der Waals surface area contributed by atoms with Crippen LogP contribution in [0.15, 0.2) is 18.2 Å². The van der Waals surface area contributed by atoms with Gasteiger partial charge in [-0.3, -0.25) is 4.98 Å². The van der Waals surface area contributed by atoms with Crippen molar-refractivity contribution < 1.29 is 4.74 Å². The minimum Gasteiger partial charge on any atom is -0.490 e. The molecule has 118 valence electrons. The first-order valence-corrected chi connectivity index (χ1v) is 8.44. The molecule has 2 N–H and O–H groups in total. The smallest absolute Gasteiger partial charge is 0.131 e. The van der Waals surface area contributed by atoms with Crippen LogP contribution in [0.3, 0.4) is 0 Å². The zero-order valence-electron chi connectivity index (χ0n) is 13.9. The molecule has 1 heterocycles. The number of aryl methyl sites for hydroxylation is 1. The van der Waals surface area contributed by atoms with Crippen LogP contribution in [0.2, 0.25) is 0 Å². The van der Waals surface area contributed by atoms with E-state index in [0.717, 1.165) is 58.8 Å². The fourth-order valence-electron chi connectivity index (χ4n) is 3.55. The molecular formula is C19H26N2O. The van der Waals surface area contributed by atoms with Crippen molar-refractivity contribution in [3.63, 3.8) is 0 Å². The van der Waals surface area contributed by atoms with Crippen molar-refractivity contribution in [3.05, 3.63) is 29.5 Å². The van der Waals surface area contributed by atoms with Gasteiger partial charge in [0.05, 0.1) is 17.0 Å². The van der Waals surface area contributed by atoms with Gasteiger partial charge in [-0.1, -0.05) is 19.9 Å². The molecule has 1 saturated carbocycles. The summed E-state index contributed by atoms with van der Waals surface area (Å²) in [6.07, 6.45) is 5.99. The number of fused-ring (bicyclic) bond motifs is 1. The predicted octanol–water partition coefficient (Wildman–Crippen LogP) is 4.65. The Kier molecular flexibility index (Phi) is 4.23. The highest BCUT2D eigenvalue weighted by molar-refractivity contribution is 5.97. The van der Waals surface area contributed by atoms with Crippen LogP contribution in [-0.2, 0) is 6.42 Å². The Labute approximate surface area is 132 Å². The SMILES string of the molecule is CCc1c(C)nc2cccc(OC3CCC(C)CC3)c2c1N. The lowest BCUT2D eigenvalue weighted by atomic mass is 9.89. The molecule has 0 amide bonds. The first-order chi connectivity index (χ1) is 10.6. The quantitative estimate of drug-likeness (QED) is 0.897. The Bertz CT molecular complexity index is 673. The average molecular weight is 298 g/mol. The minimum atomic E-state index is 0.313. The molecule has 1 fully saturated rings. The second-order valence-corrected chi connectivity index (χ2v) is 6.59. The lowest BCUT2D eigenvalue weighted by Crippen LogP contribution is -2.23. The predicted molar refractivity (Wildman–Crippen MR) is 92.3 cm³/mol. The third-order valence-electron chi connectivity index (χ3n) is 4.93. The minimum absolute atomic E-state index is 0.313. The summed E-state index contributed by atoms with van der Waals surface area (Å²) in [6.45, 7) is 6.48. The number of nitrogens with two attached hydrogens (primary N) is 1. The lowest BCUT2D eigenvalue weighted by molar-refractivity contribution is 0.137. The van der Waals surface area contributed by atoms with Gasteiger partial charge < -0.3 is 10.5 Å². The Morgan fingerprint density at radius 1 is 1.23 bits per heavy atom. The van der Waals surface area contributed by atoms with E-state index in [4.69, 9.17) is 15.5 Å². The fourth-order valence-corrected chi connectivity index (χ4v) is 3.55. The first kappa shape index (κ1) is 15.1. The monoisotopic (exact) mass is 298 g/mol. The van der Waals surface area contributed by atoms with Gasteiger partial charge in [0.1, 0.15) is 5.75 Å². The van der Waals surface area contributed by atoms with Crippen LogP contribution in [0.25, 0.3) is 10.9 Å². The number of anilines is 1. The zero-order chi connectivity index (χ0) is 15.7. The van der Waals surface area contributed by atoms with Crippen molar-refractivity contribution in [1.29, 1.82) is 0 Å². The van der Waals surface area contributed by atoms with Gasteiger partial charge in [0.2, 0.25) is 0 Å². The summed E-state index contributed by atoms with van der Waals surface area (Å²) < 4.78 is 6.32. The number of hydrogen-bond donors (Lipinski definition) is 1. The third-order valence-corrected chi connectivity index (χ3v) is 4.93. The van der Waals surface area contributed by atoms with Crippen LogP contribution < -0.4 is 10.5 Å². The number of hydrogen-bond acceptors (Lipinski definition) is 3. The highest BCUT2D eigenvalue weighted by atomic mass is 16.5. The molecule has 3 rings (SSSR count). The molecule has 1 aromatic heterocycles. The van der Waals surface area contributed by atoms with Crippen LogP contribution >= 0.6 is 0 Å². The van der Waals surface area contributed by atoms with Crippen molar-refractivity contribution >= 4 is 16.6 Å². The molecule has 3 nitrogen and oxygen atoms in total. The zero-order valence-corrected chi connectivity index (χ0v) is 13.9. The topological polar surface area (TPSA) is 48.1 Å². The van der Waals surface area contributed by atoms with E-state index in [0.29, 0.717) is 6.10 Å². The summed E-state index contributed by atoms with van der Waals surface area (Å²) in [5.74, 6) is 1.73. The maximum atomic E-state index is 6.44. The van der Waals surface area contributed by atoms with Crippen LogP contribution in [0, 0.1) is 12.8 Å². The van der Waals surface area contributed by atoms with Crippen molar-refractivity contribution in [3.8, 4) is 5.75 Å². The largest absolute Gasteiger partial charge is 0.490 e. The number of aromatic nitrogens is 1. The van der Waals surface area contributed by atoms with Gasteiger partial charge in [-0.05, 0) is 62.6 Å². The van der Waals surface area contributed by atoms with Gasteiger partial charge in [0, 0.05) is 11.4 Å². The van der Waals surface area contributed by atoms with Crippen LogP contribution in [0.4, 0.5) is 5.69 Å². The van der Waals surface area contributed by atoms with Crippen LogP contribution in [0.1, 0.15) is 50.8 Å². The van der Waals surface area contributed by atoms with E-state index >= 15 is 0 Å². The third kappa shape index (κ3) is 2.77. The molecule has 1 aliphatic carbocycles. The van der Waals surface area contributed by atoms with Gasteiger partial charge in [-0.25, -0.2) is 0 Å². The van der Waals surface area contributed by atoms with Crippen molar-refractivity contribution in [2.24, 2.45) is 5.92 Å². The van der Waals surface area contributed by atoms with E-state index in [1.807, 2.05) is 25.1 Å². The molecule has 0 aliphatic heterocycles. The number of rotatable bonds is 3. The van der Waals surface area contributed by atoms with E-state index in [2.05, 4.69) is 13.8 Å². The Morgan fingerprint density at radius 2 is 1.95 bits per heavy atom. The van der Waals surface area contributed by atoms with E-state index in [9.17, 15) is 0 Å². The molecule has 0 atom stereocenters. The highest BCUT2D eigenvalue weighted by Gasteiger charge is 2.21. The molecule has 0 unspecified atom stereocenters. The maximum Gasteiger partial charge on any atom is 0.131 e. The van der Waals surface area contributed by atoms with E-state index in [1.165, 1.54) is 12.8 Å². The van der Waals surface area contributed by atoms with Crippen molar-refractivity contribution in [1.82, 2.24) is 4.98 Å². The van der Waals surface area contributed by atoms with Crippen molar-refractivity contribution in [2.75, 3.05) is 5.73 Å². The summed E-state index contributed by atoms with van der Waals surface area (Å²) in [5.41, 5.74) is 10.4. The number of nitrogen functional groups attached to an aromatic ring is 1. The van der Waals surface area contributed by atoms with Gasteiger partial charge in [0.25, 0.3) is 0 Å². The molecule has 0 radical (unpaired) electrons. The summed E-state index contributed by atoms with van der Waals surface area (Å²) in [7, 11) is 0. The van der Waals surface area contributed by atoms with Crippen LogP contribution in [-0.4, -0.2) is 11.1 Å². The van der Waals surface area contributed by atoms with Crippen LogP contribution in [0.5, 0.6) is 5.75 Å². The number of nitrogens with zero attached hydrogens (tertiary/aromatic N) is 1. The Morgan fingerprint density at radius 3 is 2.64 bits per heavy atom. The summed E-state index contributed by atoms with van der Waals surface area (Å²) in [6, 6.07) is 6.07. The molecule has 1 aliphatic rings. The standard InChI is InChI=1S/C19H26N2O/c1-4-15-13(3)21-16-6-5-7-17(18(16)19(15)20)22-14-10-8-12(2)9-11-14/h5-7,12,14H,4,8-11H2,1-3H3,(H2,20,21). The van der Waals surface area contributed by atoms with Gasteiger partial charge in [-0.15, -0.1) is 0 Å². The normalized spacial score (nSPS) is 22.0. The average Bonchev–Trinajstić information content (AvgIpc) is 2.50. The van der Waals surface area contributed by atoms with E-state index < -0.39 is 0 Å². The van der Waals surface area contributed by atoms with Gasteiger partial charge >= 0.3 is 0 Å². The Hall–Kier alpha value is -1.77. The van der Waals surface area contributed by atoms with E-state index in [1.54, 1.807) is 0 Å². The number of pyridine rings is 1. The molecule has 22 heavy (non-hydrogen) atoms. The summed E-state index contributed by atoms with van der Waals surface area (Å²) >= 11 is 0. The summed E-state index contributed by atoms with van der Waals surface area (Å²) in [4.78, 5) is 4.71. The Balaban J connectivity index is 1.99. The molecular weight excluding hydrogens is 272 g/mol. The van der Waals surface area contributed by atoms with Crippen molar-refractivity contribution in [2.45, 2.75) is 59.0 Å². The molecule has 2 aromatic rings. The summed E-state index contributed by atoms with van der Waals surface area (Å²) in [5, 5.41) is 0.989. The molecule has 1 aromatic carbocycles. The van der Waals surface area contributed by atoms with E-state index in [-0.39, 0.29) is 0 Å². The van der Waals surface area contributed by atoms with Gasteiger partial charge in [0.15, 0.2) is 0 Å². The molecule has 0 spiro atoms. The highest BCUT2D eigenvalue weighted by Crippen LogP contribution is 2.36. The second-order valence-electron chi connectivity index (χ2n) is 6.59. The maximum absolute atomic E-state index is 6.44. The number of ether oxygens (including phenoxy) is 1. The second kappa shape index (κ2) is 6.15. The molecule has 0 saturated heterocycles. The molecule has 3 heteroatoms.